The molecule has 0 amide bonds. The minimum absolute atomic E-state index is 0.578. The van der Waals surface area contributed by atoms with Crippen molar-refractivity contribution in [2.24, 2.45) is 0 Å². The van der Waals surface area contributed by atoms with Gasteiger partial charge in [0.05, 0.1) is 0 Å². The standard InChI is InChI=1S/C16H28SeSi2/c1-14(2)13-16(19(6,7)18(3,4)5)17-15-11-9-8-10-12-15/h8-13,16H,1-7H3. The molecular formula is C16H28SeSi2. The van der Waals surface area contributed by atoms with Gasteiger partial charge in [0.25, 0.3) is 0 Å². The molecule has 0 saturated heterocycles. The molecule has 0 aromatic heterocycles. The average Bonchev–Trinajstić information content (AvgIpc) is 2.27. The van der Waals surface area contributed by atoms with Crippen molar-refractivity contribution in [2.45, 2.75) is 51.0 Å². The molecule has 0 N–H and O–H groups in total. The van der Waals surface area contributed by atoms with E-state index >= 15 is 0 Å². The fraction of sp³-hybridized carbons (Fsp3) is 0.500. The van der Waals surface area contributed by atoms with Crippen molar-refractivity contribution in [3.05, 3.63) is 42.0 Å². The van der Waals surface area contributed by atoms with E-state index in [0.717, 1.165) is 4.44 Å². The number of hydrogen-bond donors (Lipinski definition) is 0. The summed E-state index contributed by atoms with van der Waals surface area (Å²) in [6.07, 6.45) is 2.58. The zero-order valence-corrected chi connectivity index (χ0v) is 17.2. The SMILES string of the molecule is CC(C)=CC([Se]c1ccccc1)[Si](C)(C)[Si](C)(C)C. The van der Waals surface area contributed by atoms with Crippen molar-refractivity contribution in [2.75, 3.05) is 0 Å². The molecule has 0 nitrogen and oxygen atoms in total. The third-order valence-electron chi connectivity index (χ3n) is 4.14. The van der Waals surface area contributed by atoms with Crippen LogP contribution in [0.5, 0.6) is 0 Å². The molecule has 3 heteroatoms. The molecule has 0 saturated carbocycles. The number of benzene rings is 1. The predicted molar refractivity (Wildman–Crippen MR) is 95.8 cm³/mol. The van der Waals surface area contributed by atoms with Gasteiger partial charge >= 0.3 is 128 Å². The molecule has 19 heavy (non-hydrogen) atoms. The van der Waals surface area contributed by atoms with Gasteiger partial charge in [-0.25, -0.2) is 0 Å². The van der Waals surface area contributed by atoms with Crippen LogP contribution in [0.25, 0.3) is 0 Å². The predicted octanol–water partition coefficient (Wildman–Crippen LogP) is 4.44. The summed E-state index contributed by atoms with van der Waals surface area (Å²) in [7, 11) is -2.25. The van der Waals surface area contributed by atoms with E-state index in [1.807, 2.05) is 0 Å². The van der Waals surface area contributed by atoms with Gasteiger partial charge in [0.15, 0.2) is 0 Å². The van der Waals surface area contributed by atoms with Crippen molar-refractivity contribution in [3.63, 3.8) is 0 Å². The second-order valence-electron chi connectivity index (χ2n) is 7.07. The van der Waals surface area contributed by atoms with E-state index in [1.165, 1.54) is 5.57 Å². The Hall–Kier alpha value is -0.0868. The van der Waals surface area contributed by atoms with Crippen LogP contribution in [-0.4, -0.2) is 30.1 Å². The second kappa shape index (κ2) is 6.58. The Labute approximate surface area is 127 Å². The van der Waals surface area contributed by atoms with E-state index < -0.39 is 15.2 Å². The summed E-state index contributed by atoms with van der Waals surface area (Å²) >= 11 is 0.578. The third-order valence-corrected chi connectivity index (χ3v) is 29.8. The molecule has 1 aromatic carbocycles. The molecule has 1 atom stereocenters. The summed E-state index contributed by atoms with van der Waals surface area (Å²) in [5.74, 6) is 0. The Morgan fingerprint density at radius 2 is 1.53 bits per heavy atom. The molecule has 1 rings (SSSR count). The van der Waals surface area contributed by atoms with Gasteiger partial charge in [-0.15, -0.1) is 0 Å². The zero-order valence-electron chi connectivity index (χ0n) is 13.4. The molecule has 1 unspecified atom stereocenters. The quantitative estimate of drug-likeness (QED) is 0.541. The Balaban J connectivity index is 3.06. The van der Waals surface area contributed by atoms with Gasteiger partial charge in [-0.1, -0.05) is 0 Å². The summed E-state index contributed by atoms with van der Waals surface area (Å²) < 4.78 is 2.38. The molecule has 0 fully saturated rings. The Morgan fingerprint density at radius 3 is 1.95 bits per heavy atom. The van der Waals surface area contributed by atoms with Crippen molar-refractivity contribution in [3.8, 4) is 0 Å². The van der Waals surface area contributed by atoms with Gasteiger partial charge in [0, 0.05) is 0 Å². The van der Waals surface area contributed by atoms with Crippen LogP contribution >= 0.6 is 0 Å². The number of rotatable bonds is 5. The summed E-state index contributed by atoms with van der Waals surface area (Å²) in [6.45, 7) is 17.4. The van der Waals surface area contributed by atoms with E-state index in [9.17, 15) is 0 Å². The Kier molecular flexibility index (Phi) is 5.87. The van der Waals surface area contributed by atoms with Gasteiger partial charge in [-0.2, -0.15) is 0 Å². The molecule has 106 valence electrons. The number of allylic oxidation sites excluding steroid dienone is 2. The van der Waals surface area contributed by atoms with Crippen LogP contribution in [0.1, 0.15) is 13.8 Å². The first-order valence-electron chi connectivity index (χ1n) is 7.01. The maximum absolute atomic E-state index is 2.62. The van der Waals surface area contributed by atoms with Gasteiger partial charge < -0.3 is 0 Å². The summed E-state index contributed by atoms with van der Waals surface area (Å²) in [6, 6.07) is 11.1. The normalized spacial score (nSPS) is 14.1. The summed E-state index contributed by atoms with van der Waals surface area (Å²) in [5.41, 5.74) is 1.49. The molecule has 0 radical (unpaired) electrons. The van der Waals surface area contributed by atoms with Gasteiger partial charge in [-0.05, 0) is 0 Å². The van der Waals surface area contributed by atoms with Gasteiger partial charge in [0.2, 0.25) is 0 Å². The van der Waals surface area contributed by atoms with Crippen molar-refractivity contribution in [1.82, 2.24) is 0 Å². The topological polar surface area (TPSA) is 0 Å². The van der Waals surface area contributed by atoms with Gasteiger partial charge in [-0.3, -0.25) is 0 Å². The van der Waals surface area contributed by atoms with E-state index in [-0.39, 0.29) is 0 Å². The van der Waals surface area contributed by atoms with Crippen molar-refractivity contribution < 1.29 is 0 Å². The van der Waals surface area contributed by atoms with Crippen LogP contribution in [0.2, 0.25) is 37.2 Å². The summed E-state index contributed by atoms with van der Waals surface area (Å²) in [4.78, 5) is 0. The van der Waals surface area contributed by atoms with Gasteiger partial charge in [0.1, 0.15) is 0 Å². The molecule has 0 aliphatic rings. The van der Waals surface area contributed by atoms with Crippen LogP contribution in [0.15, 0.2) is 42.0 Å². The minimum atomic E-state index is -1.19. The van der Waals surface area contributed by atoms with E-state index in [4.69, 9.17) is 0 Å². The van der Waals surface area contributed by atoms with Crippen LogP contribution in [0.4, 0.5) is 0 Å². The molecule has 0 bridgehead atoms. The summed E-state index contributed by atoms with van der Waals surface area (Å²) in [5, 5.41) is 0. The fourth-order valence-corrected chi connectivity index (χ4v) is 18.6. The third kappa shape index (κ3) is 4.75. The van der Waals surface area contributed by atoms with E-state index in [1.54, 1.807) is 4.46 Å². The van der Waals surface area contributed by atoms with Crippen LogP contribution in [0, 0.1) is 0 Å². The monoisotopic (exact) mass is 356 g/mol. The van der Waals surface area contributed by atoms with E-state index in [2.05, 4.69) is 83.0 Å². The first kappa shape index (κ1) is 17.0. The van der Waals surface area contributed by atoms with Crippen LogP contribution < -0.4 is 4.46 Å². The van der Waals surface area contributed by atoms with Crippen LogP contribution in [0.3, 0.4) is 0 Å². The molecule has 1 aromatic rings. The molecule has 0 aliphatic heterocycles. The Morgan fingerprint density at radius 1 is 1.00 bits per heavy atom. The van der Waals surface area contributed by atoms with Crippen molar-refractivity contribution >= 4 is 34.6 Å². The molecular weight excluding hydrogens is 327 g/mol. The fourth-order valence-electron chi connectivity index (χ4n) is 1.76. The average molecular weight is 356 g/mol. The Bertz CT molecular complexity index is 426. The van der Waals surface area contributed by atoms with Crippen LogP contribution in [-0.2, 0) is 0 Å². The first-order chi connectivity index (χ1) is 8.64. The van der Waals surface area contributed by atoms with Crippen molar-refractivity contribution in [1.29, 1.82) is 0 Å². The molecule has 0 heterocycles. The zero-order chi connectivity index (χ0) is 14.7. The first-order valence-corrected chi connectivity index (χ1v) is 16.4. The number of hydrogen-bond acceptors (Lipinski definition) is 0. The molecule has 0 aliphatic carbocycles. The second-order valence-corrected chi connectivity index (χ2v) is 27.5. The maximum atomic E-state index is 2.62. The van der Waals surface area contributed by atoms with E-state index in [0.29, 0.717) is 15.0 Å². The molecule has 0 spiro atoms.